The summed E-state index contributed by atoms with van der Waals surface area (Å²) >= 11 is 0. The molecule has 2 atom stereocenters. The van der Waals surface area contributed by atoms with Gasteiger partial charge in [-0.2, -0.15) is 0 Å². The van der Waals surface area contributed by atoms with E-state index in [0.29, 0.717) is 24.2 Å². The van der Waals surface area contributed by atoms with Gasteiger partial charge in [0.25, 0.3) is 0 Å². The predicted octanol–water partition coefficient (Wildman–Crippen LogP) is 2.83. The third-order valence-corrected chi connectivity index (χ3v) is 3.38. The van der Waals surface area contributed by atoms with Gasteiger partial charge in [-0.1, -0.05) is 0 Å². The second kappa shape index (κ2) is 4.86. The first kappa shape index (κ1) is 13.3. The number of ether oxygens (including phenoxy) is 2. The molecule has 0 bridgehead atoms. The highest BCUT2D eigenvalue weighted by Crippen LogP contribution is 2.37. The van der Waals surface area contributed by atoms with Crippen LogP contribution in [0.25, 0.3) is 0 Å². The summed E-state index contributed by atoms with van der Waals surface area (Å²) < 4.78 is 24.3. The monoisotopic (exact) mass is 254 g/mol. The molecule has 1 unspecified atom stereocenters. The molecule has 0 spiro atoms. The van der Waals surface area contributed by atoms with Crippen molar-refractivity contribution in [2.24, 2.45) is 0 Å². The van der Waals surface area contributed by atoms with Crippen molar-refractivity contribution in [2.75, 3.05) is 7.11 Å². The van der Waals surface area contributed by atoms with E-state index in [1.807, 2.05) is 13.8 Å². The van der Waals surface area contributed by atoms with Crippen LogP contribution in [-0.4, -0.2) is 23.9 Å². The molecular formula is C14H19FO3. The minimum Gasteiger partial charge on any atom is -0.490 e. The Morgan fingerprint density at radius 3 is 2.89 bits per heavy atom. The zero-order chi connectivity index (χ0) is 13.3. The van der Waals surface area contributed by atoms with Gasteiger partial charge >= 0.3 is 0 Å². The summed E-state index contributed by atoms with van der Waals surface area (Å²) in [5.74, 6) is 0.208. The van der Waals surface area contributed by atoms with E-state index in [1.165, 1.54) is 12.1 Å². The third-order valence-electron chi connectivity index (χ3n) is 3.38. The SMILES string of the molecule is COC(C)(C)CC1C[C@H](O)c2cc(F)ccc2O1. The van der Waals surface area contributed by atoms with Crippen LogP contribution in [0.1, 0.15) is 38.4 Å². The maximum absolute atomic E-state index is 13.1. The summed E-state index contributed by atoms with van der Waals surface area (Å²) in [5.41, 5.74) is 0.225. The predicted molar refractivity (Wildman–Crippen MR) is 66.1 cm³/mol. The minimum absolute atomic E-state index is 0.118. The number of aliphatic hydroxyl groups excluding tert-OH is 1. The normalized spacial score (nSPS) is 23.4. The zero-order valence-electron chi connectivity index (χ0n) is 10.9. The summed E-state index contributed by atoms with van der Waals surface area (Å²) in [6.45, 7) is 3.95. The largest absolute Gasteiger partial charge is 0.490 e. The first-order valence-corrected chi connectivity index (χ1v) is 6.10. The summed E-state index contributed by atoms with van der Waals surface area (Å²) in [5, 5.41) is 10.0. The first-order chi connectivity index (χ1) is 8.41. The van der Waals surface area contributed by atoms with Crippen LogP contribution in [0, 0.1) is 5.82 Å². The van der Waals surface area contributed by atoms with Crippen molar-refractivity contribution in [3.63, 3.8) is 0 Å². The highest BCUT2D eigenvalue weighted by Gasteiger charge is 2.31. The fraction of sp³-hybridized carbons (Fsp3) is 0.571. The van der Waals surface area contributed by atoms with Gasteiger partial charge in [0.1, 0.15) is 17.7 Å². The minimum atomic E-state index is -0.679. The number of rotatable bonds is 3. The maximum atomic E-state index is 13.1. The van der Waals surface area contributed by atoms with Crippen molar-refractivity contribution in [3.8, 4) is 5.75 Å². The van der Waals surface area contributed by atoms with Gasteiger partial charge in [-0.05, 0) is 32.0 Å². The zero-order valence-corrected chi connectivity index (χ0v) is 10.9. The van der Waals surface area contributed by atoms with E-state index < -0.39 is 6.10 Å². The molecule has 0 aromatic heterocycles. The van der Waals surface area contributed by atoms with Crippen molar-refractivity contribution < 1.29 is 19.0 Å². The lowest BCUT2D eigenvalue weighted by atomic mass is 9.92. The fourth-order valence-electron chi connectivity index (χ4n) is 2.25. The van der Waals surface area contributed by atoms with Crippen molar-refractivity contribution in [3.05, 3.63) is 29.6 Å². The molecule has 100 valence electrons. The van der Waals surface area contributed by atoms with Crippen LogP contribution in [0.15, 0.2) is 18.2 Å². The number of methoxy groups -OCH3 is 1. The Kier molecular flexibility index (Phi) is 3.59. The molecule has 3 nitrogen and oxygen atoms in total. The van der Waals surface area contributed by atoms with Gasteiger partial charge in [-0.15, -0.1) is 0 Å². The number of hydrogen-bond acceptors (Lipinski definition) is 3. The Morgan fingerprint density at radius 2 is 2.22 bits per heavy atom. The number of halogens is 1. The second-order valence-corrected chi connectivity index (χ2v) is 5.34. The van der Waals surface area contributed by atoms with Crippen LogP contribution in [0.2, 0.25) is 0 Å². The maximum Gasteiger partial charge on any atom is 0.125 e. The van der Waals surface area contributed by atoms with Gasteiger partial charge in [0.05, 0.1) is 11.7 Å². The van der Waals surface area contributed by atoms with Gasteiger partial charge in [0.15, 0.2) is 0 Å². The van der Waals surface area contributed by atoms with Gasteiger partial charge < -0.3 is 14.6 Å². The summed E-state index contributed by atoms with van der Waals surface area (Å²) in [6.07, 6.45) is 0.343. The van der Waals surface area contributed by atoms with E-state index in [4.69, 9.17) is 9.47 Å². The fourth-order valence-corrected chi connectivity index (χ4v) is 2.25. The standard InChI is InChI=1S/C14H19FO3/c1-14(2,17-3)8-10-7-12(16)11-6-9(15)4-5-13(11)18-10/h4-6,10,12,16H,7-8H2,1-3H3/t10?,12-/m0/s1. The molecule has 0 radical (unpaired) electrons. The molecule has 0 amide bonds. The Morgan fingerprint density at radius 1 is 1.50 bits per heavy atom. The smallest absolute Gasteiger partial charge is 0.125 e. The van der Waals surface area contributed by atoms with Gasteiger partial charge in [0.2, 0.25) is 0 Å². The molecule has 1 heterocycles. The Hall–Kier alpha value is -1.13. The van der Waals surface area contributed by atoms with Crippen LogP contribution in [0.3, 0.4) is 0 Å². The lowest BCUT2D eigenvalue weighted by Crippen LogP contribution is -2.35. The average Bonchev–Trinajstić information content (AvgIpc) is 2.30. The lowest BCUT2D eigenvalue weighted by Gasteiger charge is -2.34. The van der Waals surface area contributed by atoms with Crippen LogP contribution in [-0.2, 0) is 4.74 Å². The van der Waals surface area contributed by atoms with Gasteiger partial charge in [-0.3, -0.25) is 0 Å². The van der Waals surface area contributed by atoms with Crippen molar-refractivity contribution in [1.82, 2.24) is 0 Å². The lowest BCUT2D eigenvalue weighted by molar-refractivity contribution is -0.0312. The van der Waals surface area contributed by atoms with E-state index in [2.05, 4.69) is 0 Å². The molecule has 1 N–H and O–H groups in total. The van der Waals surface area contributed by atoms with E-state index in [1.54, 1.807) is 13.2 Å². The first-order valence-electron chi connectivity index (χ1n) is 6.10. The quantitative estimate of drug-likeness (QED) is 0.901. The number of benzene rings is 1. The average molecular weight is 254 g/mol. The molecule has 1 aliphatic rings. The van der Waals surface area contributed by atoms with Crippen LogP contribution >= 0.6 is 0 Å². The van der Waals surface area contributed by atoms with E-state index >= 15 is 0 Å². The van der Waals surface area contributed by atoms with E-state index in [0.717, 1.165) is 0 Å². The van der Waals surface area contributed by atoms with E-state index in [9.17, 15) is 9.50 Å². The molecular weight excluding hydrogens is 235 g/mol. The molecule has 1 aromatic rings. The number of aliphatic hydroxyl groups is 1. The Balaban J connectivity index is 2.16. The van der Waals surface area contributed by atoms with Crippen molar-refractivity contribution in [2.45, 2.75) is 44.5 Å². The molecule has 4 heteroatoms. The van der Waals surface area contributed by atoms with Crippen LogP contribution < -0.4 is 4.74 Å². The highest BCUT2D eigenvalue weighted by atomic mass is 19.1. The molecule has 1 aromatic carbocycles. The molecule has 0 aliphatic carbocycles. The summed E-state index contributed by atoms with van der Waals surface area (Å²) in [7, 11) is 1.66. The van der Waals surface area contributed by atoms with Gasteiger partial charge in [0, 0.05) is 25.5 Å². The molecule has 0 saturated carbocycles. The summed E-state index contributed by atoms with van der Waals surface area (Å²) in [4.78, 5) is 0. The van der Waals surface area contributed by atoms with Gasteiger partial charge in [-0.25, -0.2) is 4.39 Å². The molecule has 2 rings (SSSR count). The Labute approximate surface area is 107 Å². The molecule has 0 fully saturated rings. The number of fused-ring (bicyclic) bond motifs is 1. The molecule has 18 heavy (non-hydrogen) atoms. The number of hydrogen-bond donors (Lipinski definition) is 1. The van der Waals surface area contributed by atoms with Crippen molar-refractivity contribution in [1.29, 1.82) is 0 Å². The van der Waals surface area contributed by atoms with Crippen LogP contribution in [0.4, 0.5) is 4.39 Å². The Bertz CT molecular complexity index is 431. The third kappa shape index (κ3) is 2.82. The van der Waals surface area contributed by atoms with E-state index in [-0.39, 0.29) is 17.5 Å². The highest BCUT2D eigenvalue weighted by molar-refractivity contribution is 5.37. The van der Waals surface area contributed by atoms with Crippen LogP contribution in [0.5, 0.6) is 5.75 Å². The molecule has 0 saturated heterocycles. The second-order valence-electron chi connectivity index (χ2n) is 5.34. The summed E-state index contributed by atoms with van der Waals surface area (Å²) in [6, 6.07) is 4.24. The van der Waals surface area contributed by atoms with Crippen molar-refractivity contribution >= 4 is 0 Å². The topological polar surface area (TPSA) is 38.7 Å². The molecule has 1 aliphatic heterocycles.